The summed E-state index contributed by atoms with van der Waals surface area (Å²) >= 11 is 1.46. The van der Waals surface area contributed by atoms with Gasteiger partial charge in [0, 0.05) is 16.7 Å². The number of fused-ring (bicyclic) bond motifs is 1. The molecule has 0 radical (unpaired) electrons. The summed E-state index contributed by atoms with van der Waals surface area (Å²) in [4.78, 5) is 9.18. The second-order valence-corrected chi connectivity index (χ2v) is 8.97. The fourth-order valence-electron chi connectivity index (χ4n) is 3.36. The second kappa shape index (κ2) is 22.0. The highest BCUT2D eigenvalue weighted by Gasteiger charge is 2.17. The molecular formula is C32H41FO8S. The number of allylic oxidation sites excluding steroid dienone is 5. The van der Waals surface area contributed by atoms with E-state index in [4.69, 9.17) is 33.6 Å². The molecule has 1 heterocycles. The van der Waals surface area contributed by atoms with E-state index in [1.54, 1.807) is 18.2 Å². The third-order valence-corrected chi connectivity index (χ3v) is 6.32. The third-order valence-electron chi connectivity index (χ3n) is 5.13. The first-order valence-electron chi connectivity index (χ1n) is 13.6. The number of thiophene rings is 1. The van der Waals surface area contributed by atoms with Crippen molar-refractivity contribution >= 4 is 33.5 Å². The van der Waals surface area contributed by atoms with Crippen LogP contribution in [0.1, 0.15) is 32.6 Å². The van der Waals surface area contributed by atoms with Crippen molar-refractivity contribution in [3.05, 3.63) is 78.0 Å². The van der Waals surface area contributed by atoms with E-state index in [1.165, 1.54) is 17.4 Å². The second-order valence-electron chi connectivity index (χ2n) is 7.91. The van der Waals surface area contributed by atoms with Gasteiger partial charge in [0.15, 0.2) is 5.75 Å². The Kier molecular flexibility index (Phi) is 19.0. The van der Waals surface area contributed by atoms with Gasteiger partial charge in [-0.3, -0.25) is 4.79 Å². The van der Waals surface area contributed by atoms with Gasteiger partial charge in [0.2, 0.25) is 0 Å². The minimum Gasteiger partial charge on any atom is -0.508 e. The maximum atomic E-state index is 13.3. The Morgan fingerprint density at radius 1 is 0.929 bits per heavy atom. The lowest BCUT2D eigenvalue weighted by Gasteiger charge is -2.11. The Bertz CT molecular complexity index is 1250. The number of benzene rings is 2. The molecule has 230 valence electrons. The van der Waals surface area contributed by atoms with Crippen LogP contribution in [0.4, 0.5) is 4.39 Å². The molecule has 42 heavy (non-hydrogen) atoms. The Labute approximate surface area is 251 Å². The summed E-state index contributed by atoms with van der Waals surface area (Å²) in [7, 11) is 0. The Balaban J connectivity index is 0.00000165. The molecule has 0 fully saturated rings. The molecule has 8 nitrogen and oxygen atoms in total. The van der Waals surface area contributed by atoms with Gasteiger partial charge in [-0.1, -0.05) is 32.6 Å². The SMILES string of the molecule is C=C(F)/C=C\C(=C/C)c1sc2cc(O)ccc2c1Oc1ccc(OCCOCCOCCOCC)cc1.CC.O=CO. The molecule has 0 unspecified atom stereocenters. The van der Waals surface area contributed by atoms with E-state index in [0.29, 0.717) is 63.5 Å². The first kappa shape index (κ1) is 36.3. The molecular weight excluding hydrogens is 563 g/mol. The van der Waals surface area contributed by atoms with Gasteiger partial charge in [-0.25, -0.2) is 4.39 Å². The molecule has 0 aliphatic carbocycles. The van der Waals surface area contributed by atoms with Crippen LogP contribution in [0.5, 0.6) is 23.0 Å². The first-order valence-corrected chi connectivity index (χ1v) is 14.4. The lowest BCUT2D eigenvalue weighted by molar-refractivity contribution is -0.122. The highest BCUT2D eigenvalue weighted by atomic mass is 32.1. The standard InChI is InChI=1S/C29H33FO6S.C2H6.CH2O2/c1-4-22(7-6-21(3)30)29-28(26-13-8-23(31)20-27(26)37-29)36-25-11-9-24(10-12-25)35-19-18-34-17-16-33-15-14-32-5-2;1-2;2-1-3/h4,6-13,20,31H,3,5,14-19H2,1-2H3;1-2H3;1H,(H,2,3)/b7-6-,22-4+;;. The number of hydrogen-bond donors (Lipinski definition) is 2. The quantitative estimate of drug-likeness (QED) is 0.0963. The predicted octanol–water partition coefficient (Wildman–Crippen LogP) is 8.02. The summed E-state index contributed by atoms with van der Waals surface area (Å²) in [5.41, 5.74) is 0.786. The van der Waals surface area contributed by atoms with Crippen LogP contribution in [0.2, 0.25) is 0 Å². The molecule has 0 saturated carbocycles. The third kappa shape index (κ3) is 13.3. The van der Waals surface area contributed by atoms with Crippen molar-refractivity contribution in [2.75, 3.05) is 46.2 Å². The molecule has 0 amide bonds. The van der Waals surface area contributed by atoms with Crippen LogP contribution in [0.15, 0.2) is 73.1 Å². The number of phenols is 1. The normalized spacial score (nSPS) is 10.9. The Morgan fingerprint density at radius 2 is 1.50 bits per heavy atom. The van der Waals surface area contributed by atoms with Gasteiger partial charge in [-0.05, 0) is 68.0 Å². The molecule has 0 aliphatic rings. The number of halogens is 1. The maximum Gasteiger partial charge on any atom is 0.290 e. The van der Waals surface area contributed by atoms with Gasteiger partial charge < -0.3 is 33.9 Å². The lowest BCUT2D eigenvalue weighted by atomic mass is 10.1. The zero-order chi connectivity index (χ0) is 31.2. The zero-order valence-electron chi connectivity index (χ0n) is 24.6. The van der Waals surface area contributed by atoms with Crippen LogP contribution in [0, 0.1) is 0 Å². The summed E-state index contributed by atoms with van der Waals surface area (Å²) in [5.74, 6) is 1.58. The van der Waals surface area contributed by atoms with Crippen LogP contribution in [0.3, 0.4) is 0 Å². The molecule has 0 bridgehead atoms. The van der Waals surface area contributed by atoms with Crippen LogP contribution >= 0.6 is 11.3 Å². The van der Waals surface area contributed by atoms with E-state index in [-0.39, 0.29) is 12.2 Å². The van der Waals surface area contributed by atoms with E-state index in [0.717, 1.165) is 20.5 Å². The van der Waals surface area contributed by atoms with Crippen LogP contribution in [0.25, 0.3) is 15.7 Å². The number of ether oxygens (including phenoxy) is 5. The topological polar surface area (TPSA) is 104 Å². The molecule has 0 spiro atoms. The smallest absolute Gasteiger partial charge is 0.290 e. The zero-order valence-corrected chi connectivity index (χ0v) is 25.5. The molecule has 3 rings (SSSR count). The number of carboxylic acid groups (broad SMARTS) is 1. The van der Waals surface area contributed by atoms with E-state index in [1.807, 2.05) is 64.1 Å². The van der Waals surface area contributed by atoms with Crippen molar-refractivity contribution in [2.24, 2.45) is 0 Å². The predicted molar refractivity (Wildman–Crippen MR) is 167 cm³/mol. The first-order chi connectivity index (χ1) is 20.4. The molecule has 10 heteroatoms. The number of rotatable bonds is 16. The Hall–Kier alpha value is -3.70. The number of hydrogen-bond acceptors (Lipinski definition) is 8. The van der Waals surface area contributed by atoms with Gasteiger partial charge in [0.25, 0.3) is 6.47 Å². The molecule has 0 aliphatic heterocycles. The largest absolute Gasteiger partial charge is 0.508 e. The number of aromatic hydroxyl groups is 1. The minimum atomic E-state index is -0.535. The lowest BCUT2D eigenvalue weighted by Crippen LogP contribution is -2.12. The fourth-order valence-corrected chi connectivity index (χ4v) is 4.58. The molecule has 2 N–H and O–H groups in total. The van der Waals surface area contributed by atoms with E-state index in [2.05, 4.69) is 6.58 Å². The molecule has 2 aromatic carbocycles. The van der Waals surface area contributed by atoms with Crippen LogP contribution in [-0.2, 0) is 19.0 Å². The molecule has 1 aromatic heterocycles. The van der Waals surface area contributed by atoms with Crippen LogP contribution in [-0.4, -0.2) is 62.9 Å². The van der Waals surface area contributed by atoms with Gasteiger partial charge in [0.05, 0.1) is 37.9 Å². The summed E-state index contributed by atoms with van der Waals surface area (Å²) in [5, 5.41) is 17.7. The van der Waals surface area contributed by atoms with Gasteiger partial charge >= 0.3 is 0 Å². The fraction of sp³-hybridized carbons (Fsp3) is 0.344. The summed E-state index contributed by atoms with van der Waals surface area (Å²) in [6, 6.07) is 12.4. The number of phenolic OH excluding ortho intramolecular Hbond substituents is 1. The van der Waals surface area contributed by atoms with E-state index < -0.39 is 5.83 Å². The van der Waals surface area contributed by atoms with Gasteiger partial charge in [-0.2, -0.15) is 0 Å². The molecule has 0 saturated heterocycles. The van der Waals surface area contributed by atoms with E-state index in [9.17, 15) is 9.50 Å². The average Bonchev–Trinajstić information content (AvgIpc) is 3.33. The van der Waals surface area contributed by atoms with Crippen molar-refractivity contribution in [1.82, 2.24) is 0 Å². The highest BCUT2D eigenvalue weighted by molar-refractivity contribution is 7.20. The van der Waals surface area contributed by atoms with Crippen molar-refractivity contribution in [1.29, 1.82) is 0 Å². The summed E-state index contributed by atoms with van der Waals surface area (Å²) in [6.07, 6.45) is 4.85. The Morgan fingerprint density at radius 3 is 2.07 bits per heavy atom. The monoisotopic (exact) mass is 604 g/mol. The van der Waals surface area contributed by atoms with Crippen molar-refractivity contribution < 1.29 is 43.1 Å². The van der Waals surface area contributed by atoms with Crippen molar-refractivity contribution in [3.8, 4) is 23.0 Å². The summed E-state index contributed by atoms with van der Waals surface area (Å²) < 4.78 is 42.3. The van der Waals surface area contributed by atoms with Gasteiger partial charge in [-0.15, -0.1) is 11.3 Å². The van der Waals surface area contributed by atoms with E-state index >= 15 is 0 Å². The van der Waals surface area contributed by atoms with Crippen molar-refractivity contribution in [2.45, 2.75) is 27.7 Å². The highest BCUT2D eigenvalue weighted by Crippen LogP contribution is 2.45. The van der Waals surface area contributed by atoms with Gasteiger partial charge in [0.1, 0.15) is 29.7 Å². The van der Waals surface area contributed by atoms with Crippen molar-refractivity contribution in [3.63, 3.8) is 0 Å². The average molecular weight is 605 g/mol. The number of carbonyl (C=O) groups is 1. The molecule has 3 aromatic rings. The maximum absolute atomic E-state index is 13.3. The summed E-state index contributed by atoms with van der Waals surface area (Å²) in [6.45, 7) is 14.6. The van der Waals surface area contributed by atoms with Crippen LogP contribution < -0.4 is 9.47 Å². The minimum absolute atomic E-state index is 0.168. The molecule has 0 atom stereocenters.